The first-order valence-corrected chi connectivity index (χ1v) is 10.2. The molecule has 1 aromatic heterocycles. The van der Waals surface area contributed by atoms with Gasteiger partial charge in [0.05, 0.1) is 17.8 Å². The average Bonchev–Trinajstić information content (AvgIpc) is 3.11. The molecule has 1 unspecified atom stereocenters. The highest BCUT2D eigenvalue weighted by molar-refractivity contribution is 7.15. The van der Waals surface area contributed by atoms with Crippen LogP contribution in [0.2, 0.25) is 0 Å². The van der Waals surface area contributed by atoms with Gasteiger partial charge in [-0.1, -0.05) is 30.3 Å². The Kier molecular flexibility index (Phi) is 4.92. The van der Waals surface area contributed by atoms with Crippen LogP contribution in [0.5, 0.6) is 0 Å². The molecule has 140 valence electrons. The molecule has 0 saturated carbocycles. The van der Waals surface area contributed by atoms with E-state index in [9.17, 15) is 10.2 Å². The second kappa shape index (κ2) is 7.06. The van der Waals surface area contributed by atoms with Crippen molar-refractivity contribution < 1.29 is 14.9 Å². The number of hydrogen-bond donors (Lipinski definition) is 2. The number of aliphatic hydroxyl groups is 2. The second-order valence-electron chi connectivity index (χ2n) is 7.83. The van der Waals surface area contributed by atoms with Crippen molar-refractivity contribution in [3.8, 4) is 10.4 Å². The first-order chi connectivity index (χ1) is 12.5. The lowest BCUT2D eigenvalue weighted by Gasteiger charge is -2.51. The zero-order chi connectivity index (χ0) is 18.2. The van der Waals surface area contributed by atoms with Gasteiger partial charge in [-0.3, -0.25) is 4.90 Å². The molecule has 4 nitrogen and oxygen atoms in total. The van der Waals surface area contributed by atoms with Gasteiger partial charge in [0.1, 0.15) is 6.10 Å². The third kappa shape index (κ3) is 3.47. The summed E-state index contributed by atoms with van der Waals surface area (Å²) in [5.41, 5.74) is -0.357. The lowest BCUT2D eigenvalue weighted by molar-refractivity contribution is -0.246. The minimum absolute atomic E-state index is 0.497. The molecule has 0 bridgehead atoms. The van der Waals surface area contributed by atoms with Crippen LogP contribution in [0.25, 0.3) is 10.4 Å². The summed E-state index contributed by atoms with van der Waals surface area (Å²) in [5.74, 6) is 0. The van der Waals surface area contributed by atoms with Crippen LogP contribution in [0.15, 0.2) is 42.5 Å². The van der Waals surface area contributed by atoms with E-state index in [4.69, 9.17) is 4.74 Å². The van der Waals surface area contributed by atoms with Crippen molar-refractivity contribution in [3.05, 3.63) is 47.3 Å². The standard InChI is InChI=1S/C21H27NO3S/c1-20(24)11-14-25-21(19(20)23)9-12-22(13-10-21)15-17-7-8-18(26-17)16-5-3-2-4-6-16/h2-8,19,23-24H,9-15H2,1H3/t19?,20-/m1/s1. The average molecular weight is 374 g/mol. The van der Waals surface area contributed by atoms with Gasteiger partial charge in [0.2, 0.25) is 0 Å². The number of benzene rings is 1. The highest BCUT2D eigenvalue weighted by atomic mass is 32.1. The minimum atomic E-state index is -1.04. The molecule has 2 fully saturated rings. The van der Waals surface area contributed by atoms with E-state index in [1.165, 1.54) is 15.3 Å². The fraction of sp³-hybridized carbons (Fsp3) is 0.524. The molecule has 5 heteroatoms. The number of likely N-dealkylation sites (tertiary alicyclic amines) is 1. The van der Waals surface area contributed by atoms with Gasteiger partial charge in [-0.25, -0.2) is 0 Å². The van der Waals surface area contributed by atoms with Crippen LogP contribution in [0, 0.1) is 0 Å². The summed E-state index contributed by atoms with van der Waals surface area (Å²) in [5, 5.41) is 21.1. The van der Waals surface area contributed by atoms with Gasteiger partial charge >= 0.3 is 0 Å². The Balaban J connectivity index is 1.38. The first-order valence-electron chi connectivity index (χ1n) is 9.39. The summed E-state index contributed by atoms with van der Waals surface area (Å²) in [4.78, 5) is 5.08. The number of rotatable bonds is 3. The van der Waals surface area contributed by atoms with Crippen LogP contribution in [0.3, 0.4) is 0 Å². The molecule has 3 heterocycles. The molecule has 0 amide bonds. The second-order valence-corrected chi connectivity index (χ2v) is 9.00. The van der Waals surface area contributed by atoms with Crippen LogP contribution in [-0.2, 0) is 11.3 Å². The van der Waals surface area contributed by atoms with E-state index in [1.807, 2.05) is 17.4 Å². The maximum absolute atomic E-state index is 10.6. The minimum Gasteiger partial charge on any atom is -0.387 e. The maximum atomic E-state index is 10.6. The smallest absolute Gasteiger partial charge is 0.111 e. The molecule has 2 atom stereocenters. The summed E-state index contributed by atoms with van der Waals surface area (Å²) >= 11 is 1.84. The first kappa shape index (κ1) is 18.1. The molecule has 1 spiro atoms. The number of ether oxygens (including phenoxy) is 1. The Bertz CT molecular complexity index is 735. The van der Waals surface area contributed by atoms with Crippen molar-refractivity contribution >= 4 is 11.3 Å². The van der Waals surface area contributed by atoms with Crippen LogP contribution in [0.4, 0.5) is 0 Å². The normalized spacial score (nSPS) is 29.1. The Morgan fingerprint density at radius 3 is 2.58 bits per heavy atom. The number of hydrogen-bond acceptors (Lipinski definition) is 5. The van der Waals surface area contributed by atoms with E-state index in [-0.39, 0.29) is 0 Å². The van der Waals surface area contributed by atoms with E-state index in [1.54, 1.807) is 6.92 Å². The van der Waals surface area contributed by atoms with Crippen LogP contribution in [-0.4, -0.2) is 52.1 Å². The van der Waals surface area contributed by atoms with Crippen molar-refractivity contribution in [2.75, 3.05) is 19.7 Å². The fourth-order valence-corrected chi connectivity index (χ4v) is 5.25. The van der Waals surface area contributed by atoms with Gasteiger partial charge in [-0.15, -0.1) is 11.3 Å². The molecule has 2 saturated heterocycles. The fourth-order valence-electron chi connectivity index (χ4n) is 4.19. The highest BCUT2D eigenvalue weighted by Crippen LogP contribution is 2.40. The largest absolute Gasteiger partial charge is 0.387 e. The van der Waals surface area contributed by atoms with Crippen LogP contribution >= 0.6 is 11.3 Å². The van der Waals surface area contributed by atoms with Crippen LogP contribution in [0.1, 0.15) is 31.1 Å². The van der Waals surface area contributed by atoms with Crippen molar-refractivity contribution in [2.45, 2.75) is 50.0 Å². The summed E-state index contributed by atoms with van der Waals surface area (Å²) in [6.07, 6.45) is 1.22. The monoisotopic (exact) mass is 373 g/mol. The zero-order valence-electron chi connectivity index (χ0n) is 15.2. The van der Waals surface area contributed by atoms with Crippen LogP contribution < -0.4 is 0 Å². The molecule has 0 radical (unpaired) electrons. The zero-order valence-corrected chi connectivity index (χ0v) is 16.0. The Labute approximate surface area is 159 Å². The maximum Gasteiger partial charge on any atom is 0.111 e. The van der Waals surface area contributed by atoms with Crippen molar-refractivity contribution in [3.63, 3.8) is 0 Å². The lowest BCUT2D eigenvalue weighted by atomic mass is 9.75. The molecular weight excluding hydrogens is 346 g/mol. The lowest BCUT2D eigenvalue weighted by Crippen LogP contribution is -2.64. The third-order valence-electron chi connectivity index (χ3n) is 5.89. The number of piperidine rings is 1. The topological polar surface area (TPSA) is 52.9 Å². The molecule has 26 heavy (non-hydrogen) atoms. The van der Waals surface area contributed by atoms with Gasteiger partial charge in [0.25, 0.3) is 0 Å². The summed E-state index contributed by atoms with van der Waals surface area (Å²) in [6.45, 7) is 4.94. The highest BCUT2D eigenvalue weighted by Gasteiger charge is 2.52. The molecule has 2 N–H and O–H groups in total. The number of thiophene rings is 1. The van der Waals surface area contributed by atoms with E-state index >= 15 is 0 Å². The van der Waals surface area contributed by atoms with Gasteiger partial charge in [0, 0.05) is 35.8 Å². The SMILES string of the molecule is C[C@@]1(O)CCOC2(CCN(Cc3ccc(-c4ccccc4)s3)CC2)C1O. The van der Waals surface area contributed by atoms with Gasteiger partial charge in [-0.05, 0) is 37.5 Å². The predicted octanol–water partition coefficient (Wildman–Crippen LogP) is 3.28. The van der Waals surface area contributed by atoms with E-state index < -0.39 is 17.3 Å². The molecule has 2 aromatic rings. The molecule has 0 aliphatic carbocycles. The van der Waals surface area contributed by atoms with Gasteiger partial charge < -0.3 is 14.9 Å². The Morgan fingerprint density at radius 1 is 1.12 bits per heavy atom. The summed E-state index contributed by atoms with van der Waals surface area (Å²) in [6, 6.07) is 14.9. The van der Waals surface area contributed by atoms with E-state index in [0.717, 1.165) is 32.5 Å². The molecule has 1 aromatic carbocycles. The van der Waals surface area contributed by atoms with Crippen molar-refractivity contribution in [1.29, 1.82) is 0 Å². The van der Waals surface area contributed by atoms with E-state index in [2.05, 4.69) is 41.3 Å². The van der Waals surface area contributed by atoms with Crippen molar-refractivity contribution in [2.24, 2.45) is 0 Å². The van der Waals surface area contributed by atoms with Crippen molar-refractivity contribution in [1.82, 2.24) is 4.90 Å². The Hall–Kier alpha value is -1.24. The van der Waals surface area contributed by atoms with Gasteiger partial charge in [0.15, 0.2) is 0 Å². The van der Waals surface area contributed by atoms with E-state index in [0.29, 0.717) is 13.0 Å². The number of nitrogens with zero attached hydrogens (tertiary/aromatic N) is 1. The molecule has 2 aliphatic rings. The van der Waals surface area contributed by atoms with Gasteiger partial charge in [-0.2, -0.15) is 0 Å². The molecule has 2 aliphatic heterocycles. The molecular formula is C21H27NO3S. The molecule has 4 rings (SSSR count). The Morgan fingerprint density at radius 2 is 1.85 bits per heavy atom. The third-order valence-corrected chi connectivity index (χ3v) is 7.01. The predicted molar refractivity (Wildman–Crippen MR) is 104 cm³/mol. The number of aliphatic hydroxyl groups excluding tert-OH is 1. The summed E-state index contributed by atoms with van der Waals surface area (Å²) in [7, 11) is 0. The summed E-state index contributed by atoms with van der Waals surface area (Å²) < 4.78 is 5.98. The quantitative estimate of drug-likeness (QED) is 0.867.